The summed E-state index contributed by atoms with van der Waals surface area (Å²) in [7, 11) is 1.36. The second-order valence-electron chi connectivity index (χ2n) is 5.86. The van der Waals surface area contributed by atoms with Crippen molar-refractivity contribution < 1.29 is 14.3 Å². The fraction of sp³-hybridized carbons (Fsp3) is 0.533. The van der Waals surface area contributed by atoms with Gasteiger partial charge in [0.15, 0.2) is 5.78 Å². The monoisotopic (exact) mass is 274 g/mol. The Bertz CT molecular complexity index is 656. The van der Waals surface area contributed by atoms with E-state index in [4.69, 9.17) is 4.74 Å². The summed E-state index contributed by atoms with van der Waals surface area (Å²) in [4.78, 5) is 32.0. The number of aromatic nitrogens is 1. The van der Waals surface area contributed by atoms with Crippen molar-refractivity contribution in [2.75, 3.05) is 13.7 Å². The zero-order chi connectivity index (χ0) is 14.7. The van der Waals surface area contributed by atoms with Gasteiger partial charge in [-0.2, -0.15) is 0 Å². The number of nitrogens with one attached hydrogen (secondary N) is 1. The molecule has 0 saturated heterocycles. The Hall–Kier alpha value is -1.91. The first-order valence-electron chi connectivity index (χ1n) is 6.79. The van der Waals surface area contributed by atoms with Crippen molar-refractivity contribution in [3.8, 4) is 0 Å². The van der Waals surface area contributed by atoms with Crippen LogP contribution in [0.4, 0.5) is 0 Å². The van der Waals surface area contributed by atoms with E-state index in [0.717, 1.165) is 11.3 Å². The van der Waals surface area contributed by atoms with Crippen LogP contribution in [0.5, 0.6) is 0 Å². The Morgan fingerprint density at radius 1 is 1.50 bits per heavy atom. The first-order chi connectivity index (χ1) is 9.41. The van der Waals surface area contributed by atoms with Crippen LogP contribution in [0.2, 0.25) is 0 Å². The predicted octanol–water partition coefficient (Wildman–Crippen LogP) is 2.04. The molecule has 1 aliphatic carbocycles. The molecule has 106 valence electrons. The predicted molar refractivity (Wildman–Crippen MR) is 74.6 cm³/mol. The third kappa shape index (κ3) is 1.40. The number of hydrogen-bond acceptors (Lipinski definition) is 4. The number of Topliss-reactive ketones (excluding diaryl/α,β-unsaturated/α-hetero) is 1. The van der Waals surface area contributed by atoms with Crippen LogP contribution in [0.15, 0.2) is 4.99 Å². The van der Waals surface area contributed by atoms with Crippen molar-refractivity contribution in [3.63, 3.8) is 0 Å². The minimum atomic E-state index is -0.394. The number of rotatable bonds is 1. The molecule has 0 amide bonds. The Morgan fingerprint density at radius 2 is 2.20 bits per heavy atom. The molecule has 2 aliphatic rings. The van der Waals surface area contributed by atoms with E-state index in [0.29, 0.717) is 29.9 Å². The van der Waals surface area contributed by atoms with Crippen molar-refractivity contribution in [1.29, 1.82) is 0 Å². The fourth-order valence-electron chi connectivity index (χ4n) is 3.46. The minimum absolute atomic E-state index is 0.00331. The lowest BCUT2D eigenvalue weighted by Gasteiger charge is -2.35. The molecule has 20 heavy (non-hydrogen) atoms. The molecule has 5 heteroatoms. The third-order valence-electron chi connectivity index (χ3n) is 4.84. The number of ether oxygens (including phenoxy) is 1. The molecule has 0 unspecified atom stereocenters. The normalized spacial score (nSPS) is 27.9. The Labute approximate surface area is 117 Å². The van der Waals surface area contributed by atoms with Gasteiger partial charge in [0.25, 0.3) is 0 Å². The highest BCUT2D eigenvalue weighted by Crippen LogP contribution is 2.46. The standard InChI is InChI=1S/C15H18N2O3/c1-7-6-16-10-5-9(18)13-12(15(7,10)3)11(8(2)17-13)14(19)20-4/h7,17H,5-6H2,1-4H3/t7-,15+/m1/s1. The molecular formula is C15H18N2O3. The number of aliphatic imine (C=N–C) groups is 1. The van der Waals surface area contributed by atoms with Crippen molar-refractivity contribution in [3.05, 3.63) is 22.5 Å². The van der Waals surface area contributed by atoms with E-state index < -0.39 is 5.97 Å². The van der Waals surface area contributed by atoms with Gasteiger partial charge in [-0.25, -0.2) is 4.79 Å². The van der Waals surface area contributed by atoms with Crippen LogP contribution < -0.4 is 0 Å². The molecule has 0 saturated carbocycles. The SMILES string of the molecule is COC(=O)c1c(C)[nH]c2c1[C@]1(C)C(=NC[C@H]1C)CC2=O. The van der Waals surface area contributed by atoms with Crippen molar-refractivity contribution >= 4 is 17.5 Å². The van der Waals surface area contributed by atoms with Crippen LogP contribution >= 0.6 is 0 Å². The molecule has 1 aromatic rings. The zero-order valence-electron chi connectivity index (χ0n) is 12.2. The maximum atomic E-state index is 12.3. The summed E-state index contributed by atoms with van der Waals surface area (Å²) in [5.74, 6) is -0.124. The van der Waals surface area contributed by atoms with Crippen molar-refractivity contribution in [2.24, 2.45) is 10.9 Å². The van der Waals surface area contributed by atoms with Crippen LogP contribution in [0.25, 0.3) is 0 Å². The molecule has 0 spiro atoms. The number of fused-ring (bicyclic) bond motifs is 3. The molecule has 1 aliphatic heterocycles. The van der Waals surface area contributed by atoms with Crippen LogP contribution in [-0.4, -0.2) is 36.1 Å². The molecular weight excluding hydrogens is 256 g/mol. The maximum Gasteiger partial charge on any atom is 0.340 e. The zero-order valence-corrected chi connectivity index (χ0v) is 12.2. The Kier molecular flexibility index (Phi) is 2.64. The average molecular weight is 274 g/mol. The molecule has 0 aromatic carbocycles. The highest BCUT2D eigenvalue weighted by Gasteiger charge is 2.51. The second-order valence-corrected chi connectivity index (χ2v) is 5.86. The van der Waals surface area contributed by atoms with Crippen molar-refractivity contribution in [1.82, 2.24) is 4.98 Å². The van der Waals surface area contributed by atoms with E-state index in [1.54, 1.807) is 6.92 Å². The lowest BCUT2D eigenvalue weighted by molar-refractivity contribution is 0.0597. The van der Waals surface area contributed by atoms with Gasteiger partial charge in [0.1, 0.15) is 0 Å². The van der Waals surface area contributed by atoms with Gasteiger partial charge < -0.3 is 9.72 Å². The average Bonchev–Trinajstić information content (AvgIpc) is 2.90. The van der Waals surface area contributed by atoms with E-state index in [-0.39, 0.29) is 17.1 Å². The number of ketones is 1. The maximum absolute atomic E-state index is 12.3. The number of aromatic amines is 1. The van der Waals surface area contributed by atoms with E-state index in [1.807, 2.05) is 0 Å². The summed E-state index contributed by atoms with van der Waals surface area (Å²) >= 11 is 0. The summed E-state index contributed by atoms with van der Waals surface area (Å²) < 4.78 is 4.90. The number of carbonyl (C=O) groups excluding carboxylic acids is 2. The summed E-state index contributed by atoms with van der Waals surface area (Å²) in [6.07, 6.45) is 0.342. The molecule has 2 heterocycles. The number of H-pyrrole nitrogens is 1. The quantitative estimate of drug-likeness (QED) is 0.797. The highest BCUT2D eigenvalue weighted by molar-refractivity contribution is 6.20. The van der Waals surface area contributed by atoms with Crippen LogP contribution in [-0.2, 0) is 10.2 Å². The number of carbonyl (C=O) groups is 2. The molecule has 1 N–H and O–H groups in total. The van der Waals surface area contributed by atoms with Crippen molar-refractivity contribution in [2.45, 2.75) is 32.6 Å². The molecule has 2 atom stereocenters. The van der Waals surface area contributed by atoms with E-state index >= 15 is 0 Å². The first kappa shape index (κ1) is 13.1. The molecule has 0 fully saturated rings. The third-order valence-corrected chi connectivity index (χ3v) is 4.84. The highest BCUT2D eigenvalue weighted by atomic mass is 16.5. The molecule has 0 radical (unpaired) electrons. The van der Waals surface area contributed by atoms with Gasteiger partial charge in [-0.05, 0) is 19.8 Å². The van der Waals surface area contributed by atoms with E-state index in [9.17, 15) is 9.59 Å². The minimum Gasteiger partial charge on any atom is -0.465 e. The topological polar surface area (TPSA) is 71.5 Å². The molecule has 5 nitrogen and oxygen atoms in total. The van der Waals surface area contributed by atoms with Crippen LogP contribution in [0.1, 0.15) is 52.4 Å². The number of aryl methyl sites for hydroxylation is 1. The summed E-state index contributed by atoms with van der Waals surface area (Å²) in [5, 5.41) is 0. The van der Waals surface area contributed by atoms with Gasteiger partial charge in [0.05, 0.1) is 24.8 Å². The fourth-order valence-corrected chi connectivity index (χ4v) is 3.46. The molecule has 0 bridgehead atoms. The molecule has 1 aromatic heterocycles. The van der Waals surface area contributed by atoms with Gasteiger partial charge in [0.2, 0.25) is 0 Å². The Morgan fingerprint density at radius 3 is 2.85 bits per heavy atom. The first-order valence-corrected chi connectivity index (χ1v) is 6.79. The number of esters is 1. The van der Waals surface area contributed by atoms with Crippen LogP contribution in [0.3, 0.4) is 0 Å². The number of hydrogen-bond donors (Lipinski definition) is 1. The smallest absolute Gasteiger partial charge is 0.340 e. The van der Waals surface area contributed by atoms with E-state index in [1.165, 1.54) is 7.11 Å². The number of methoxy groups -OCH3 is 1. The summed E-state index contributed by atoms with van der Waals surface area (Å²) in [5.41, 5.74) is 3.07. The van der Waals surface area contributed by atoms with Gasteiger partial charge in [-0.1, -0.05) is 6.92 Å². The van der Waals surface area contributed by atoms with Gasteiger partial charge >= 0.3 is 5.97 Å². The summed E-state index contributed by atoms with van der Waals surface area (Å²) in [6.45, 7) is 6.69. The van der Waals surface area contributed by atoms with Gasteiger partial charge in [0, 0.05) is 28.9 Å². The molecule has 3 rings (SSSR count). The van der Waals surface area contributed by atoms with Gasteiger partial charge in [-0.3, -0.25) is 9.79 Å². The van der Waals surface area contributed by atoms with Gasteiger partial charge in [-0.15, -0.1) is 0 Å². The lowest BCUT2D eigenvalue weighted by atomic mass is 9.65. The largest absolute Gasteiger partial charge is 0.465 e. The van der Waals surface area contributed by atoms with Crippen LogP contribution in [0, 0.1) is 12.8 Å². The van der Waals surface area contributed by atoms with E-state index in [2.05, 4.69) is 23.8 Å². The Balaban J connectivity index is 2.33. The lowest BCUT2D eigenvalue weighted by Crippen LogP contribution is -2.42. The summed E-state index contributed by atoms with van der Waals surface area (Å²) in [6, 6.07) is 0. The number of nitrogens with zero attached hydrogens (tertiary/aromatic N) is 1. The second kappa shape index (κ2) is 4.04.